The summed E-state index contributed by atoms with van der Waals surface area (Å²) in [5.74, 6) is -2.67. The number of aromatic nitrogens is 1. The number of fused-ring (bicyclic) bond motifs is 1. The summed E-state index contributed by atoms with van der Waals surface area (Å²) in [6, 6.07) is 9.28. The first-order valence-electron chi connectivity index (χ1n) is 6.00. The minimum absolute atomic E-state index is 0.252. The topological polar surface area (TPSA) is 79.3 Å². The van der Waals surface area contributed by atoms with Crippen molar-refractivity contribution < 1.29 is 14.7 Å². The lowest BCUT2D eigenvalue weighted by Crippen LogP contribution is -2.28. The van der Waals surface area contributed by atoms with Crippen LogP contribution in [0.2, 0.25) is 0 Å². The van der Waals surface area contributed by atoms with Crippen molar-refractivity contribution in [1.29, 1.82) is 0 Å². The summed E-state index contributed by atoms with van der Waals surface area (Å²) < 4.78 is 0. The van der Waals surface area contributed by atoms with Gasteiger partial charge in [0.15, 0.2) is 0 Å². The van der Waals surface area contributed by atoms with Crippen LogP contribution in [0.25, 0.3) is 10.9 Å². The first kappa shape index (κ1) is 13.0. The van der Waals surface area contributed by atoms with Gasteiger partial charge in [-0.1, -0.05) is 25.1 Å². The highest BCUT2D eigenvalue weighted by molar-refractivity contribution is 6.04. The van der Waals surface area contributed by atoms with Gasteiger partial charge in [0.25, 0.3) is 0 Å². The van der Waals surface area contributed by atoms with Crippen LogP contribution < -0.4 is 5.32 Å². The second-order valence-corrected chi connectivity index (χ2v) is 4.21. The van der Waals surface area contributed by atoms with Crippen molar-refractivity contribution in [1.82, 2.24) is 4.98 Å². The number of carboxylic acid groups (broad SMARTS) is 1. The molecule has 5 heteroatoms. The molecule has 19 heavy (non-hydrogen) atoms. The zero-order valence-corrected chi connectivity index (χ0v) is 10.5. The zero-order chi connectivity index (χ0) is 13.8. The Balaban J connectivity index is 2.21. The van der Waals surface area contributed by atoms with Crippen LogP contribution in [-0.2, 0) is 9.59 Å². The number of para-hydroxylation sites is 1. The number of rotatable bonds is 4. The van der Waals surface area contributed by atoms with Crippen LogP contribution in [-0.4, -0.2) is 22.0 Å². The lowest BCUT2D eigenvalue weighted by atomic mass is 10.1. The standard InChI is InChI=1S/C14H14N2O3/c1-2-11(14(18)19)13(17)16-10-7-9-5-3-4-6-12(9)15-8-10/h3-8,11H,2H2,1H3,(H,16,17)(H,18,19). The molecule has 2 N–H and O–H groups in total. The van der Waals surface area contributed by atoms with E-state index in [0.29, 0.717) is 5.69 Å². The molecule has 0 aliphatic rings. The fourth-order valence-corrected chi connectivity index (χ4v) is 1.84. The fourth-order valence-electron chi connectivity index (χ4n) is 1.84. The molecule has 1 heterocycles. The van der Waals surface area contributed by atoms with Gasteiger partial charge in [-0.05, 0) is 18.6 Å². The second kappa shape index (κ2) is 5.48. The van der Waals surface area contributed by atoms with Crippen LogP contribution >= 0.6 is 0 Å². The van der Waals surface area contributed by atoms with Crippen LogP contribution in [0.15, 0.2) is 36.5 Å². The number of carbonyl (C=O) groups is 2. The molecule has 1 unspecified atom stereocenters. The Bertz CT molecular complexity index is 625. The SMILES string of the molecule is CCC(C(=O)O)C(=O)Nc1cnc2ccccc2c1. The Morgan fingerprint density at radius 1 is 1.37 bits per heavy atom. The highest BCUT2D eigenvalue weighted by Crippen LogP contribution is 2.17. The summed E-state index contributed by atoms with van der Waals surface area (Å²) in [6.45, 7) is 1.66. The zero-order valence-electron chi connectivity index (χ0n) is 10.5. The van der Waals surface area contributed by atoms with Crippen LogP contribution in [0.3, 0.4) is 0 Å². The molecule has 1 aromatic carbocycles. The van der Waals surface area contributed by atoms with Gasteiger partial charge in [0.2, 0.25) is 5.91 Å². The van der Waals surface area contributed by atoms with Gasteiger partial charge in [-0.2, -0.15) is 0 Å². The molecule has 0 aliphatic heterocycles. The number of anilines is 1. The largest absolute Gasteiger partial charge is 0.481 e. The highest BCUT2D eigenvalue weighted by atomic mass is 16.4. The van der Waals surface area contributed by atoms with E-state index < -0.39 is 17.8 Å². The summed E-state index contributed by atoms with van der Waals surface area (Å²) in [5.41, 5.74) is 1.33. The molecule has 0 radical (unpaired) electrons. The molecule has 1 atom stereocenters. The van der Waals surface area contributed by atoms with E-state index in [1.165, 1.54) is 6.20 Å². The quantitative estimate of drug-likeness (QED) is 0.824. The van der Waals surface area contributed by atoms with E-state index in [4.69, 9.17) is 5.11 Å². The number of carboxylic acids is 1. The number of amides is 1. The molecular formula is C14H14N2O3. The van der Waals surface area contributed by atoms with E-state index in [1.54, 1.807) is 13.0 Å². The third-order valence-corrected chi connectivity index (χ3v) is 2.88. The molecule has 0 fully saturated rings. The molecule has 98 valence electrons. The Morgan fingerprint density at radius 2 is 2.11 bits per heavy atom. The first-order valence-corrected chi connectivity index (χ1v) is 6.00. The van der Waals surface area contributed by atoms with Gasteiger partial charge < -0.3 is 10.4 Å². The molecule has 0 saturated heterocycles. The van der Waals surface area contributed by atoms with E-state index in [9.17, 15) is 9.59 Å². The van der Waals surface area contributed by atoms with Crippen LogP contribution in [0.4, 0.5) is 5.69 Å². The Kier molecular flexibility index (Phi) is 3.75. The lowest BCUT2D eigenvalue weighted by molar-refractivity contribution is -0.145. The summed E-state index contributed by atoms with van der Waals surface area (Å²) >= 11 is 0. The molecule has 1 amide bonds. The average molecular weight is 258 g/mol. The van der Waals surface area contributed by atoms with E-state index in [0.717, 1.165) is 10.9 Å². The molecule has 0 aliphatic carbocycles. The van der Waals surface area contributed by atoms with E-state index >= 15 is 0 Å². The highest BCUT2D eigenvalue weighted by Gasteiger charge is 2.24. The van der Waals surface area contributed by atoms with Gasteiger partial charge in [0, 0.05) is 5.39 Å². The smallest absolute Gasteiger partial charge is 0.316 e. The number of pyridine rings is 1. The second-order valence-electron chi connectivity index (χ2n) is 4.21. The number of carbonyl (C=O) groups excluding carboxylic acids is 1. The summed E-state index contributed by atoms with van der Waals surface area (Å²) in [6.07, 6.45) is 1.77. The van der Waals surface area contributed by atoms with E-state index in [-0.39, 0.29) is 6.42 Å². The number of benzene rings is 1. The predicted molar refractivity (Wildman–Crippen MR) is 71.8 cm³/mol. The number of nitrogens with zero attached hydrogens (tertiary/aromatic N) is 1. The third-order valence-electron chi connectivity index (χ3n) is 2.88. The number of hydrogen-bond donors (Lipinski definition) is 2. The predicted octanol–water partition coefficient (Wildman–Crippen LogP) is 2.28. The van der Waals surface area contributed by atoms with Gasteiger partial charge in [0.1, 0.15) is 5.92 Å². The van der Waals surface area contributed by atoms with Crippen molar-refractivity contribution in [2.75, 3.05) is 5.32 Å². The summed E-state index contributed by atoms with van der Waals surface area (Å²) in [4.78, 5) is 26.9. The maximum atomic E-state index is 11.8. The number of aliphatic carboxylic acids is 1. The summed E-state index contributed by atoms with van der Waals surface area (Å²) in [7, 11) is 0. The van der Waals surface area contributed by atoms with Crippen LogP contribution in [0.1, 0.15) is 13.3 Å². The van der Waals surface area contributed by atoms with Crippen molar-refractivity contribution >= 4 is 28.5 Å². The fraction of sp³-hybridized carbons (Fsp3) is 0.214. The molecule has 2 rings (SSSR count). The normalized spacial score (nSPS) is 12.1. The number of hydrogen-bond acceptors (Lipinski definition) is 3. The Hall–Kier alpha value is -2.43. The van der Waals surface area contributed by atoms with Gasteiger partial charge in [-0.3, -0.25) is 14.6 Å². The minimum atomic E-state index is -1.12. The van der Waals surface area contributed by atoms with Gasteiger partial charge >= 0.3 is 5.97 Å². The van der Waals surface area contributed by atoms with Gasteiger partial charge in [0.05, 0.1) is 17.4 Å². The van der Waals surface area contributed by atoms with E-state index in [1.807, 2.05) is 24.3 Å². The minimum Gasteiger partial charge on any atom is -0.481 e. The Labute approximate surface area is 110 Å². The first-order chi connectivity index (χ1) is 9.11. The van der Waals surface area contributed by atoms with Gasteiger partial charge in [-0.15, -0.1) is 0 Å². The van der Waals surface area contributed by atoms with Crippen molar-refractivity contribution in [3.63, 3.8) is 0 Å². The average Bonchev–Trinajstić information content (AvgIpc) is 2.39. The molecular weight excluding hydrogens is 244 g/mol. The van der Waals surface area contributed by atoms with Crippen molar-refractivity contribution in [3.05, 3.63) is 36.5 Å². The maximum Gasteiger partial charge on any atom is 0.316 e. The molecule has 0 bridgehead atoms. The monoisotopic (exact) mass is 258 g/mol. The molecule has 2 aromatic rings. The maximum absolute atomic E-state index is 11.8. The number of nitrogens with one attached hydrogen (secondary N) is 1. The molecule has 1 aromatic heterocycles. The Morgan fingerprint density at radius 3 is 2.79 bits per heavy atom. The van der Waals surface area contributed by atoms with Crippen molar-refractivity contribution in [3.8, 4) is 0 Å². The third kappa shape index (κ3) is 2.88. The van der Waals surface area contributed by atoms with Gasteiger partial charge in [-0.25, -0.2) is 0 Å². The van der Waals surface area contributed by atoms with Crippen molar-refractivity contribution in [2.24, 2.45) is 5.92 Å². The van der Waals surface area contributed by atoms with E-state index in [2.05, 4.69) is 10.3 Å². The lowest BCUT2D eigenvalue weighted by Gasteiger charge is -2.10. The van der Waals surface area contributed by atoms with Crippen LogP contribution in [0, 0.1) is 5.92 Å². The molecule has 0 saturated carbocycles. The van der Waals surface area contributed by atoms with Crippen molar-refractivity contribution in [2.45, 2.75) is 13.3 Å². The molecule has 5 nitrogen and oxygen atoms in total. The summed E-state index contributed by atoms with van der Waals surface area (Å²) in [5, 5.41) is 12.4. The van der Waals surface area contributed by atoms with Crippen LogP contribution in [0.5, 0.6) is 0 Å². The molecule has 0 spiro atoms.